The first kappa shape index (κ1) is 20.6. The van der Waals surface area contributed by atoms with Gasteiger partial charge < -0.3 is 9.47 Å². The third kappa shape index (κ3) is 4.82. The van der Waals surface area contributed by atoms with Crippen LogP contribution in [0.5, 0.6) is 11.5 Å². The summed E-state index contributed by atoms with van der Waals surface area (Å²) in [4.78, 5) is 6.28. The number of aryl methyl sites for hydroxylation is 2. The van der Waals surface area contributed by atoms with Gasteiger partial charge in [0.05, 0.1) is 23.4 Å². The van der Waals surface area contributed by atoms with Gasteiger partial charge in [0, 0.05) is 11.5 Å². The highest BCUT2D eigenvalue weighted by atomic mass is 16.5. The van der Waals surface area contributed by atoms with Gasteiger partial charge in [-0.2, -0.15) is 0 Å². The molecule has 3 aromatic carbocycles. The van der Waals surface area contributed by atoms with Crippen LogP contribution < -0.4 is 14.3 Å². The average molecular weight is 439 g/mol. The molecule has 5 rings (SSSR count). The summed E-state index contributed by atoms with van der Waals surface area (Å²) in [5.41, 5.74) is 5.09. The lowest BCUT2D eigenvalue weighted by molar-refractivity contribution is -0.716. The highest BCUT2D eigenvalue weighted by molar-refractivity contribution is 5.78. The monoisotopic (exact) mass is 438 g/mol. The van der Waals surface area contributed by atoms with Gasteiger partial charge in [0.1, 0.15) is 18.1 Å². The standard InChI is InChI=1S/C26H23N5O2/c1-32-26-16-23(31-28-18-27-30-31)14-12-21(26)10-9-19-5-4-7-24(15-19)33-17-22-13-11-20-6-2-3-8-25(20)29-22/h2-8,11-16,18H,9-10,17H2,1H3/p+1. The van der Waals surface area contributed by atoms with Crippen LogP contribution in [0.4, 0.5) is 0 Å². The number of rotatable bonds is 8. The van der Waals surface area contributed by atoms with Crippen molar-refractivity contribution in [2.75, 3.05) is 7.11 Å². The van der Waals surface area contributed by atoms with Crippen LogP contribution in [0.2, 0.25) is 0 Å². The molecule has 33 heavy (non-hydrogen) atoms. The third-order valence-electron chi connectivity index (χ3n) is 5.52. The molecule has 0 bridgehead atoms. The molecule has 0 aliphatic rings. The predicted octanol–water partition coefficient (Wildman–Crippen LogP) is 4.00. The Morgan fingerprint density at radius 1 is 0.909 bits per heavy atom. The molecule has 2 aromatic heterocycles. The maximum absolute atomic E-state index is 6.03. The summed E-state index contributed by atoms with van der Waals surface area (Å²) in [5, 5.41) is 11.9. The van der Waals surface area contributed by atoms with Gasteiger partial charge in [-0.3, -0.25) is 0 Å². The zero-order valence-electron chi connectivity index (χ0n) is 18.3. The van der Waals surface area contributed by atoms with Crippen LogP contribution in [-0.2, 0) is 19.4 Å². The minimum atomic E-state index is 0.433. The second-order valence-electron chi connectivity index (χ2n) is 7.70. The number of methoxy groups -OCH3 is 1. The largest absolute Gasteiger partial charge is 0.496 e. The highest BCUT2D eigenvalue weighted by Crippen LogP contribution is 2.23. The quantitative estimate of drug-likeness (QED) is 0.371. The van der Waals surface area contributed by atoms with Crippen molar-refractivity contribution in [3.8, 4) is 17.2 Å². The summed E-state index contributed by atoms with van der Waals surface area (Å²) in [6, 6.07) is 26.4. The second-order valence-corrected chi connectivity index (χ2v) is 7.70. The molecule has 0 saturated heterocycles. The Kier molecular flexibility index (Phi) is 5.93. The molecule has 7 nitrogen and oxygen atoms in total. The number of aromatic nitrogens is 5. The number of tetrazole rings is 1. The highest BCUT2D eigenvalue weighted by Gasteiger charge is 2.11. The Balaban J connectivity index is 1.24. The van der Waals surface area contributed by atoms with E-state index in [0.717, 1.165) is 52.2 Å². The van der Waals surface area contributed by atoms with Crippen LogP contribution in [-0.4, -0.2) is 27.5 Å². The van der Waals surface area contributed by atoms with Crippen molar-refractivity contribution < 1.29 is 14.3 Å². The fraction of sp³-hybridized carbons (Fsp3) is 0.154. The lowest BCUT2D eigenvalue weighted by atomic mass is 10.0. The molecule has 0 fully saturated rings. The number of pyridine rings is 1. The van der Waals surface area contributed by atoms with E-state index >= 15 is 0 Å². The number of aromatic amines is 1. The molecule has 0 unspecified atom stereocenters. The zero-order valence-corrected chi connectivity index (χ0v) is 18.3. The summed E-state index contributed by atoms with van der Waals surface area (Å²) in [5.74, 6) is 1.66. The summed E-state index contributed by atoms with van der Waals surface area (Å²) in [6.45, 7) is 0.433. The van der Waals surface area contributed by atoms with Crippen LogP contribution in [0.15, 0.2) is 85.2 Å². The van der Waals surface area contributed by atoms with Gasteiger partial charge in [0.25, 0.3) is 6.33 Å². The van der Waals surface area contributed by atoms with Crippen LogP contribution in [0, 0.1) is 0 Å². The number of nitrogens with one attached hydrogen (secondary N) is 1. The van der Waals surface area contributed by atoms with E-state index in [1.54, 1.807) is 11.9 Å². The zero-order chi connectivity index (χ0) is 22.5. The van der Waals surface area contributed by atoms with E-state index in [2.05, 4.69) is 50.7 Å². The van der Waals surface area contributed by atoms with E-state index in [1.165, 1.54) is 11.9 Å². The number of hydrogen-bond acceptors (Lipinski definition) is 5. The minimum Gasteiger partial charge on any atom is -0.496 e. The normalized spacial score (nSPS) is 10.9. The molecule has 7 heteroatoms. The van der Waals surface area contributed by atoms with Gasteiger partial charge in [-0.25, -0.2) is 4.98 Å². The van der Waals surface area contributed by atoms with Crippen LogP contribution in [0.25, 0.3) is 16.6 Å². The van der Waals surface area contributed by atoms with Crippen LogP contribution in [0.1, 0.15) is 16.8 Å². The molecule has 164 valence electrons. The first-order chi connectivity index (χ1) is 16.3. The molecule has 0 saturated carbocycles. The molecule has 0 radical (unpaired) electrons. The maximum Gasteiger partial charge on any atom is 0.297 e. The van der Waals surface area contributed by atoms with Gasteiger partial charge in [0.15, 0.2) is 5.69 Å². The number of fused-ring (bicyclic) bond motifs is 1. The first-order valence-corrected chi connectivity index (χ1v) is 10.8. The molecule has 0 spiro atoms. The lowest BCUT2D eigenvalue weighted by Gasteiger charge is -2.11. The number of benzene rings is 3. The van der Waals surface area contributed by atoms with Gasteiger partial charge in [-0.05, 0) is 69.4 Å². The predicted molar refractivity (Wildman–Crippen MR) is 124 cm³/mol. The summed E-state index contributed by atoms with van der Waals surface area (Å²) < 4.78 is 11.6. The minimum absolute atomic E-state index is 0.433. The maximum atomic E-state index is 6.03. The first-order valence-electron chi connectivity index (χ1n) is 10.8. The summed E-state index contributed by atoms with van der Waals surface area (Å²) in [7, 11) is 1.68. The fourth-order valence-electron chi connectivity index (χ4n) is 3.80. The molecule has 0 atom stereocenters. The molecule has 5 aromatic rings. The molecular weight excluding hydrogens is 414 g/mol. The lowest BCUT2D eigenvalue weighted by Crippen LogP contribution is -2.35. The van der Waals surface area contributed by atoms with Crippen LogP contribution >= 0.6 is 0 Å². The van der Waals surface area contributed by atoms with E-state index < -0.39 is 0 Å². The van der Waals surface area contributed by atoms with E-state index in [1.807, 2.05) is 48.5 Å². The Morgan fingerprint density at radius 2 is 1.85 bits per heavy atom. The van der Waals surface area contributed by atoms with Crippen molar-refractivity contribution in [1.29, 1.82) is 0 Å². The van der Waals surface area contributed by atoms with Crippen molar-refractivity contribution in [3.63, 3.8) is 0 Å². The Morgan fingerprint density at radius 3 is 2.73 bits per heavy atom. The molecule has 1 N–H and O–H groups in total. The molecule has 0 aliphatic heterocycles. The van der Waals surface area contributed by atoms with E-state index in [9.17, 15) is 0 Å². The van der Waals surface area contributed by atoms with Crippen molar-refractivity contribution >= 4 is 10.9 Å². The molecule has 2 heterocycles. The number of H-pyrrole nitrogens is 1. The van der Waals surface area contributed by atoms with Crippen molar-refractivity contribution in [1.82, 2.24) is 20.4 Å². The van der Waals surface area contributed by atoms with Crippen LogP contribution in [0.3, 0.4) is 0 Å². The van der Waals surface area contributed by atoms with Gasteiger partial charge in [-0.15, -0.1) is 0 Å². The van der Waals surface area contributed by atoms with Gasteiger partial charge in [-0.1, -0.05) is 42.5 Å². The number of para-hydroxylation sites is 1. The Labute approximate surface area is 191 Å². The number of hydrogen-bond donors (Lipinski definition) is 1. The Bertz CT molecular complexity index is 1370. The van der Waals surface area contributed by atoms with Gasteiger partial charge in [0.2, 0.25) is 0 Å². The molecule has 0 amide bonds. The topological polar surface area (TPSA) is 76.8 Å². The van der Waals surface area contributed by atoms with Gasteiger partial charge >= 0.3 is 0 Å². The van der Waals surface area contributed by atoms with E-state index in [0.29, 0.717) is 6.61 Å². The molecule has 0 aliphatic carbocycles. The molecular formula is C26H24N5O2+. The van der Waals surface area contributed by atoms with E-state index in [-0.39, 0.29) is 0 Å². The van der Waals surface area contributed by atoms with Crippen molar-refractivity contribution in [2.24, 2.45) is 0 Å². The Hall–Kier alpha value is -4.26. The SMILES string of the molecule is COc1cc(-[n+]2ncn[nH]2)ccc1CCc1cccc(OCc2ccc3ccccc3n2)c1. The summed E-state index contributed by atoms with van der Waals surface area (Å²) >= 11 is 0. The summed E-state index contributed by atoms with van der Waals surface area (Å²) in [6.07, 6.45) is 3.18. The van der Waals surface area contributed by atoms with Crippen molar-refractivity contribution in [2.45, 2.75) is 19.4 Å². The van der Waals surface area contributed by atoms with Crippen molar-refractivity contribution in [3.05, 3.63) is 102 Å². The van der Waals surface area contributed by atoms with E-state index in [4.69, 9.17) is 9.47 Å². The average Bonchev–Trinajstić information content (AvgIpc) is 3.41. The third-order valence-corrected chi connectivity index (χ3v) is 5.52. The smallest absolute Gasteiger partial charge is 0.297 e. The second kappa shape index (κ2) is 9.48. The number of nitrogens with zero attached hydrogens (tertiary/aromatic N) is 4. The fourth-order valence-corrected chi connectivity index (χ4v) is 3.80. The number of ether oxygens (including phenoxy) is 2.